The topological polar surface area (TPSA) is 96.0 Å². The molecule has 2 amide bonds. The van der Waals surface area contributed by atoms with Gasteiger partial charge in [-0.05, 0) is 36.2 Å². The summed E-state index contributed by atoms with van der Waals surface area (Å²) in [6.07, 6.45) is 2.73. The lowest BCUT2D eigenvalue weighted by Crippen LogP contribution is -2.40. The molecule has 27 heavy (non-hydrogen) atoms. The van der Waals surface area contributed by atoms with Crippen molar-refractivity contribution in [2.45, 2.75) is 25.7 Å². The minimum Gasteiger partial charge on any atom is -0.274 e. The van der Waals surface area contributed by atoms with Gasteiger partial charge in [0.2, 0.25) is 11.8 Å². The van der Waals surface area contributed by atoms with Crippen LogP contribution in [0.2, 0.25) is 0 Å². The summed E-state index contributed by atoms with van der Waals surface area (Å²) in [5.74, 6) is -1.45. The van der Waals surface area contributed by atoms with Gasteiger partial charge in [-0.2, -0.15) is 5.10 Å². The fraction of sp³-hybridized carbons (Fsp3) is 0.211. The van der Waals surface area contributed by atoms with Gasteiger partial charge in [0.25, 0.3) is 5.56 Å². The highest BCUT2D eigenvalue weighted by molar-refractivity contribution is 6.16. The number of halogens is 1. The number of carbonyl (C=O) groups excluding carboxylic acids is 2. The van der Waals surface area contributed by atoms with Crippen molar-refractivity contribution >= 4 is 28.4 Å². The second-order valence-electron chi connectivity index (χ2n) is 6.34. The van der Waals surface area contributed by atoms with Crippen molar-refractivity contribution in [2.24, 2.45) is 0 Å². The predicted molar refractivity (Wildman–Crippen MR) is 95.7 cm³/mol. The summed E-state index contributed by atoms with van der Waals surface area (Å²) >= 11 is 0. The maximum Gasteiger partial charge on any atom is 0.273 e. The maximum absolute atomic E-state index is 14.3. The van der Waals surface area contributed by atoms with Crippen molar-refractivity contribution in [1.29, 1.82) is 0 Å². The zero-order chi connectivity index (χ0) is 19.0. The predicted octanol–water partition coefficient (Wildman–Crippen LogP) is 2.09. The van der Waals surface area contributed by atoms with E-state index in [2.05, 4.69) is 15.2 Å². The molecule has 0 unspecified atom stereocenters. The lowest BCUT2D eigenvalue weighted by Gasteiger charge is -2.25. The molecule has 3 heterocycles. The van der Waals surface area contributed by atoms with E-state index in [-0.39, 0.29) is 30.5 Å². The van der Waals surface area contributed by atoms with Gasteiger partial charge in [0, 0.05) is 25.5 Å². The molecule has 0 saturated carbocycles. The van der Waals surface area contributed by atoms with Crippen LogP contribution in [0.25, 0.3) is 10.9 Å². The molecule has 0 spiro atoms. The molecular weight excluding hydrogens is 351 g/mol. The second kappa shape index (κ2) is 6.71. The summed E-state index contributed by atoms with van der Waals surface area (Å²) in [7, 11) is 0. The van der Waals surface area contributed by atoms with Crippen LogP contribution in [-0.2, 0) is 16.0 Å². The smallest absolute Gasteiger partial charge is 0.273 e. The van der Waals surface area contributed by atoms with Crippen LogP contribution in [0.4, 0.5) is 10.1 Å². The second-order valence-corrected chi connectivity index (χ2v) is 6.34. The average Bonchev–Trinajstić information content (AvgIpc) is 2.66. The molecule has 1 aliphatic rings. The molecule has 1 N–H and O–H groups in total. The number of pyridine rings is 1. The molecule has 1 aromatic carbocycles. The Bertz CT molecular complexity index is 1110. The standard InChI is InChI=1S/C19H15FN4O3/c20-13-7-6-11(10-15(13)24-16(25)4-1-5-17(24)26)9-14-18-12(3-2-8-21-18)19(27)23-22-14/h2-3,6-8,10H,1,4-5,9H2,(H,23,27). The molecule has 1 saturated heterocycles. The van der Waals surface area contributed by atoms with Crippen LogP contribution in [0.1, 0.15) is 30.5 Å². The summed E-state index contributed by atoms with van der Waals surface area (Å²) in [6, 6.07) is 7.55. The Hall–Kier alpha value is -3.42. The van der Waals surface area contributed by atoms with E-state index in [0.29, 0.717) is 28.6 Å². The summed E-state index contributed by atoms with van der Waals surface area (Å²) in [6.45, 7) is 0. The molecule has 2 aromatic heterocycles. The Kier molecular flexibility index (Phi) is 4.23. The number of fused-ring (bicyclic) bond motifs is 1. The fourth-order valence-electron chi connectivity index (χ4n) is 3.23. The Labute approximate surface area is 152 Å². The van der Waals surface area contributed by atoms with Crippen molar-refractivity contribution in [3.63, 3.8) is 0 Å². The van der Waals surface area contributed by atoms with Crippen molar-refractivity contribution in [3.8, 4) is 0 Å². The number of hydrogen-bond acceptors (Lipinski definition) is 5. The number of benzene rings is 1. The van der Waals surface area contributed by atoms with Gasteiger partial charge >= 0.3 is 0 Å². The Morgan fingerprint density at radius 1 is 1.11 bits per heavy atom. The van der Waals surface area contributed by atoms with Gasteiger partial charge in [-0.15, -0.1) is 0 Å². The number of H-pyrrole nitrogens is 1. The highest BCUT2D eigenvalue weighted by Crippen LogP contribution is 2.27. The molecule has 4 rings (SSSR count). The molecule has 0 atom stereocenters. The zero-order valence-corrected chi connectivity index (χ0v) is 14.2. The SMILES string of the molecule is O=C1CCCC(=O)N1c1cc(Cc2n[nH]c(=O)c3cccnc23)ccc1F. The van der Waals surface area contributed by atoms with E-state index in [9.17, 15) is 18.8 Å². The quantitative estimate of drug-likeness (QED) is 0.716. The van der Waals surface area contributed by atoms with Gasteiger partial charge in [0.05, 0.1) is 22.3 Å². The van der Waals surface area contributed by atoms with E-state index >= 15 is 0 Å². The van der Waals surface area contributed by atoms with E-state index in [0.717, 1.165) is 4.90 Å². The van der Waals surface area contributed by atoms with Gasteiger partial charge in [0.1, 0.15) is 5.82 Å². The van der Waals surface area contributed by atoms with E-state index in [1.54, 1.807) is 24.4 Å². The first-order valence-electron chi connectivity index (χ1n) is 8.51. The normalized spacial score (nSPS) is 14.8. The largest absolute Gasteiger partial charge is 0.274 e. The van der Waals surface area contributed by atoms with E-state index in [1.165, 1.54) is 12.1 Å². The lowest BCUT2D eigenvalue weighted by atomic mass is 10.0. The zero-order valence-electron chi connectivity index (χ0n) is 14.2. The van der Waals surface area contributed by atoms with Gasteiger partial charge in [-0.1, -0.05) is 6.07 Å². The first kappa shape index (κ1) is 17.0. The number of aromatic amines is 1. The third-order valence-electron chi connectivity index (χ3n) is 4.52. The summed E-state index contributed by atoms with van der Waals surface area (Å²) in [5, 5.41) is 6.89. The first-order valence-corrected chi connectivity index (χ1v) is 8.51. The minimum absolute atomic E-state index is 0.0520. The fourth-order valence-corrected chi connectivity index (χ4v) is 3.23. The molecule has 7 nitrogen and oxygen atoms in total. The first-order chi connectivity index (χ1) is 13.0. The van der Waals surface area contributed by atoms with Crippen LogP contribution in [0.5, 0.6) is 0 Å². The molecule has 0 bridgehead atoms. The van der Waals surface area contributed by atoms with Crippen LogP contribution in [0.3, 0.4) is 0 Å². The maximum atomic E-state index is 14.3. The molecule has 1 aliphatic heterocycles. The molecule has 136 valence electrons. The third kappa shape index (κ3) is 3.10. The molecular formula is C19H15FN4O3. The molecule has 8 heteroatoms. The Balaban J connectivity index is 1.74. The number of amides is 2. The highest BCUT2D eigenvalue weighted by atomic mass is 19.1. The van der Waals surface area contributed by atoms with Crippen LogP contribution in [0.15, 0.2) is 41.3 Å². The number of rotatable bonds is 3. The molecule has 0 radical (unpaired) electrons. The molecule has 3 aromatic rings. The van der Waals surface area contributed by atoms with E-state index in [4.69, 9.17) is 0 Å². The minimum atomic E-state index is -0.639. The monoisotopic (exact) mass is 366 g/mol. The summed E-state index contributed by atoms with van der Waals surface area (Å²) in [5.41, 5.74) is 1.22. The van der Waals surface area contributed by atoms with E-state index in [1.807, 2.05) is 0 Å². The van der Waals surface area contributed by atoms with E-state index < -0.39 is 17.6 Å². The average molecular weight is 366 g/mol. The van der Waals surface area contributed by atoms with Gasteiger partial charge in [0.15, 0.2) is 0 Å². The van der Waals surface area contributed by atoms with Crippen molar-refractivity contribution in [1.82, 2.24) is 15.2 Å². The Morgan fingerprint density at radius 2 is 1.89 bits per heavy atom. The number of aromatic nitrogens is 3. The highest BCUT2D eigenvalue weighted by Gasteiger charge is 2.29. The number of piperidine rings is 1. The number of hydrogen-bond donors (Lipinski definition) is 1. The van der Waals surface area contributed by atoms with Crippen molar-refractivity contribution in [3.05, 3.63) is 64.0 Å². The van der Waals surface area contributed by atoms with Crippen LogP contribution < -0.4 is 10.5 Å². The molecule has 0 aliphatic carbocycles. The van der Waals surface area contributed by atoms with Crippen molar-refractivity contribution < 1.29 is 14.0 Å². The number of imide groups is 1. The van der Waals surface area contributed by atoms with Gasteiger partial charge in [-0.3, -0.25) is 19.4 Å². The number of carbonyl (C=O) groups is 2. The van der Waals surface area contributed by atoms with Gasteiger partial charge < -0.3 is 0 Å². The Morgan fingerprint density at radius 3 is 2.67 bits per heavy atom. The number of nitrogens with zero attached hydrogens (tertiary/aromatic N) is 3. The number of anilines is 1. The van der Waals surface area contributed by atoms with Crippen LogP contribution in [0, 0.1) is 5.82 Å². The summed E-state index contributed by atoms with van der Waals surface area (Å²) < 4.78 is 14.3. The van der Waals surface area contributed by atoms with Gasteiger partial charge in [-0.25, -0.2) is 14.4 Å². The summed E-state index contributed by atoms with van der Waals surface area (Å²) in [4.78, 5) is 41.2. The molecule has 1 fully saturated rings. The van der Waals surface area contributed by atoms with Crippen molar-refractivity contribution in [2.75, 3.05) is 4.90 Å². The third-order valence-corrected chi connectivity index (χ3v) is 4.52. The van der Waals surface area contributed by atoms with Crippen LogP contribution in [-0.4, -0.2) is 27.0 Å². The lowest BCUT2D eigenvalue weighted by molar-refractivity contribution is -0.129. The van der Waals surface area contributed by atoms with Crippen LogP contribution >= 0.6 is 0 Å². The number of nitrogens with one attached hydrogen (secondary N) is 1.